The molecule has 6 nitrogen and oxygen atoms in total. The van der Waals surface area contributed by atoms with Crippen molar-refractivity contribution in [1.82, 2.24) is 9.88 Å². The number of benzene rings is 1. The quantitative estimate of drug-likeness (QED) is 0.801. The van der Waals surface area contributed by atoms with Gasteiger partial charge in [-0.15, -0.1) is 0 Å². The average molecular weight is 383 g/mol. The summed E-state index contributed by atoms with van der Waals surface area (Å²) in [7, 11) is 0. The fourth-order valence-electron chi connectivity index (χ4n) is 3.90. The number of fused-ring (bicyclic) bond motifs is 2. The monoisotopic (exact) mass is 383 g/mol. The number of pyridine rings is 1. The highest BCUT2D eigenvalue weighted by atomic mass is 32.2. The van der Waals surface area contributed by atoms with Gasteiger partial charge in [-0.3, -0.25) is 9.98 Å². The molecule has 0 radical (unpaired) electrons. The first-order chi connectivity index (χ1) is 13.2. The van der Waals surface area contributed by atoms with Crippen LogP contribution in [0.4, 0.5) is 0 Å². The maximum Gasteiger partial charge on any atom is 0.231 e. The Kier molecular flexibility index (Phi) is 4.11. The van der Waals surface area contributed by atoms with Gasteiger partial charge < -0.3 is 19.1 Å². The first-order valence-corrected chi connectivity index (χ1v) is 10.1. The summed E-state index contributed by atoms with van der Waals surface area (Å²) in [4.78, 5) is 12.0. The lowest BCUT2D eigenvalue weighted by atomic mass is 9.95. The van der Waals surface area contributed by atoms with Gasteiger partial charge in [0.05, 0.1) is 18.3 Å². The van der Waals surface area contributed by atoms with E-state index in [-0.39, 0.29) is 18.9 Å². The topological polar surface area (TPSA) is 56.2 Å². The summed E-state index contributed by atoms with van der Waals surface area (Å²) in [5.74, 6) is 2.33. The number of hydrogen-bond donors (Lipinski definition) is 0. The van der Waals surface area contributed by atoms with Crippen LogP contribution in [0.25, 0.3) is 0 Å². The number of aromatic nitrogens is 1. The molecule has 1 aromatic heterocycles. The van der Waals surface area contributed by atoms with E-state index in [4.69, 9.17) is 19.2 Å². The van der Waals surface area contributed by atoms with Crippen LogP contribution in [0.5, 0.6) is 17.2 Å². The molecule has 140 valence electrons. The number of thioether (sulfide) groups is 1. The van der Waals surface area contributed by atoms with Crippen LogP contribution in [0.1, 0.15) is 37.2 Å². The van der Waals surface area contributed by atoms with E-state index in [0.717, 1.165) is 40.2 Å². The Morgan fingerprint density at radius 3 is 2.89 bits per heavy atom. The summed E-state index contributed by atoms with van der Waals surface area (Å²) in [5.41, 5.74) is 2.04. The molecule has 3 atom stereocenters. The molecular weight excluding hydrogens is 362 g/mol. The third-order valence-corrected chi connectivity index (χ3v) is 6.11. The normalized spacial score (nSPS) is 25.5. The van der Waals surface area contributed by atoms with Crippen LogP contribution in [0.2, 0.25) is 0 Å². The molecule has 3 aliphatic rings. The molecule has 1 aromatic carbocycles. The summed E-state index contributed by atoms with van der Waals surface area (Å²) < 4.78 is 17.2. The lowest BCUT2D eigenvalue weighted by Gasteiger charge is -2.29. The maximum absolute atomic E-state index is 5.99. The van der Waals surface area contributed by atoms with Crippen molar-refractivity contribution in [1.29, 1.82) is 0 Å². The van der Waals surface area contributed by atoms with Crippen molar-refractivity contribution in [3.05, 3.63) is 47.8 Å². The molecule has 4 heterocycles. The first kappa shape index (κ1) is 16.7. The van der Waals surface area contributed by atoms with Crippen molar-refractivity contribution >= 4 is 16.9 Å². The van der Waals surface area contributed by atoms with Crippen LogP contribution in [0.15, 0.2) is 41.5 Å². The van der Waals surface area contributed by atoms with Gasteiger partial charge >= 0.3 is 0 Å². The Balaban J connectivity index is 1.63. The fourth-order valence-corrected chi connectivity index (χ4v) is 5.00. The van der Waals surface area contributed by atoms with E-state index in [2.05, 4.69) is 22.9 Å². The highest BCUT2D eigenvalue weighted by Gasteiger charge is 2.45. The van der Waals surface area contributed by atoms with Gasteiger partial charge in [0.2, 0.25) is 6.79 Å². The molecule has 0 amide bonds. The van der Waals surface area contributed by atoms with E-state index >= 15 is 0 Å². The Hall–Kier alpha value is -2.41. The largest absolute Gasteiger partial charge is 0.493 e. The molecule has 0 N–H and O–H groups in total. The van der Waals surface area contributed by atoms with Crippen molar-refractivity contribution in [2.75, 3.05) is 19.9 Å². The molecule has 0 bridgehead atoms. The number of aliphatic imine (C=N–C) groups is 1. The van der Waals surface area contributed by atoms with E-state index in [1.54, 1.807) is 0 Å². The van der Waals surface area contributed by atoms with Gasteiger partial charge in [-0.2, -0.15) is 0 Å². The molecule has 2 aromatic rings. The molecule has 0 unspecified atom stereocenters. The second-order valence-electron chi connectivity index (χ2n) is 6.81. The zero-order valence-electron chi connectivity index (χ0n) is 15.3. The predicted octanol–water partition coefficient (Wildman–Crippen LogP) is 3.80. The minimum absolute atomic E-state index is 0.0309. The van der Waals surface area contributed by atoms with Gasteiger partial charge in [0.15, 0.2) is 16.7 Å². The van der Waals surface area contributed by atoms with Crippen molar-refractivity contribution < 1.29 is 14.2 Å². The zero-order chi connectivity index (χ0) is 18.4. The minimum Gasteiger partial charge on any atom is -0.493 e. The second kappa shape index (κ2) is 6.64. The van der Waals surface area contributed by atoms with Gasteiger partial charge in [-0.1, -0.05) is 24.8 Å². The lowest BCUT2D eigenvalue weighted by molar-refractivity contribution is 0.173. The van der Waals surface area contributed by atoms with Crippen molar-refractivity contribution in [2.45, 2.75) is 31.2 Å². The molecule has 3 aliphatic heterocycles. The number of amidine groups is 1. The lowest BCUT2D eigenvalue weighted by Crippen LogP contribution is -2.29. The smallest absolute Gasteiger partial charge is 0.231 e. The molecule has 0 spiro atoms. The van der Waals surface area contributed by atoms with Crippen LogP contribution in [0.3, 0.4) is 0 Å². The minimum atomic E-state index is -0.0687. The predicted molar refractivity (Wildman–Crippen MR) is 105 cm³/mol. The number of hydrogen-bond acceptors (Lipinski definition) is 7. The summed E-state index contributed by atoms with van der Waals surface area (Å²) >= 11 is 1.83. The SMILES string of the molecule is CCOc1cc2c(cc1[C@H]1[C@H](c3ccccn3)N=C3S[C@@H](C)CN31)OCO2. The molecule has 0 saturated carbocycles. The fraction of sp³-hybridized carbons (Fsp3) is 0.400. The van der Waals surface area contributed by atoms with E-state index in [0.29, 0.717) is 11.9 Å². The Morgan fingerprint density at radius 1 is 1.26 bits per heavy atom. The molecule has 0 aliphatic carbocycles. The number of ether oxygens (including phenoxy) is 3. The first-order valence-electron chi connectivity index (χ1n) is 9.23. The molecule has 5 rings (SSSR count). The van der Waals surface area contributed by atoms with Gasteiger partial charge in [0, 0.05) is 29.6 Å². The summed E-state index contributed by atoms with van der Waals surface area (Å²) in [5, 5.41) is 1.60. The summed E-state index contributed by atoms with van der Waals surface area (Å²) in [6.45, 7) is 6.03. The molecule has 27 heavy (non-hydrogen) atoms. The third-order valence-electron chi connectivity index (χ3n) is 5.00. The van der Waals surface area contributed by atoms with Crippen molar-refractivity contribution in [2.24, 2.45) is 4.99 Å². The summed E-state index contributed by atoms with van der Waals surface area (Å²) in [6, 6.07) is 9.96. The Morgan fingerprint density at radius 2 is 2.11 bits per heavy atom. The van der Waals surface area contributed by atoms with Gasteiger partial charge in [0.1, 0.15) is 11.8 Å². The van der Waals surface area contributed by atoms with Crippen LogP contribution in [0, 0.1) is 0 Å². The molecule has 1 saturated heterocycles. The summed E-state index contributed by atoms with van der Waals surface area (Å²) in [6.07, 6.45) is 1.83. The highest BCUT2D eigenvalue weighted by Crippen LogP contribution is 2.51. The highest BCUT2D eigenvalue weighted by molar-refractivity contribution is 8.14. The third kappa shape index (κ3) is 2.81. The van der Waals surface area contributed by atoms with Gasteiger partial charge in [-0.25, -0.2) is 0 Å². The van der Waals surface area contributed by atoms with E-state index in [9.17, 15) is 0 Å². The van der Waals surface area contributed by atoms with Crippen molar-refractivity contribution in [3.8, 4) is 17.2 Å². The second-order valence-corrected chi connectivity index (χ2v) is 8.22. The standard InChI is InChI=1S/C20H21N3O3S/c1-3-24-15-9-17-16(25-11-26-17)8-13(15)19-18(14-6-4-5-7-21-14)22-20-23(19)10-12(2)27-20/h4-9,12,18-19H,3,10-11H2,1-2H3/t12-,18-,19-/m0/s1. The van der Waals surface area contributed by atoms with Crippen LogP contribution < -0.4 is 14.2 Å². The van der Waals surface area contributed by atoms with Gasteiger partial charge in [-0.05, 0) is 25.1 Å². The Labute approximate surface area is 162 Å². The van der Waals surface area contributed by atoms with Crippen LogP contribution >= 0.6 is 11.8 Å². The molecule has 1 fully saturated rings. The van der Waals surface area contributed by atoms with Crippen LogP contribution in [-0.2, 0) is 0 Å². The Bertz CT molecular complexity index is 890. The average Bonchev–Trinajstić information content (AvgIpc) is 3.35. The van der Waals surface area contributed by atoms with E-state index < -0.39 is 0 Å². The number of rotatable bonds is 4. The molecule has 7 heteroatoms. The van der Waals surface area contributed by atoms with Crippen LogP contribution in [-0.4, -0.2) is 40.2 Å². The molecular formula is C20H21N3O3S. The zero-order valence-corrected chi connectivity index (χ0v) is 16.1. The van der Waals surface area contributed by atoms with E-state index in [1.807, 2.05) is 49.1 Å². The maximum atomic E-state index is 5.99. The van der Waals surface area contributed by atoms with Gasteiger partial charge in [0.25, 0.3) is 0 Å². The van der Waals surface area contributed by atoms with Crippen molar-refractivity contribution in [3.63, 3.8) is 0 Å². The number of nitrogens with zero attached hydrogens (tertiary/aromatic N) is 3. The van der Waals surface area contributed by atoms with E-state index in [1.165, 1.54) is 0 Å².